The van der Waals surface area contributed by atoms with Gasteiger partial charge in [-0.15, -0.1) is 0 Å². The molecule has 2 unspecified atom stereocenters. The summed E-state index contributed by atoms with van der Waals surface area (Å²) in [6, 6.07) is 3.53. The van der Waals surface area contributed by atoms with Crippen LogP contribution >= 0.6 is 23.2 Å². The summed E-state index contributed by atoms with van der Waals surface area (Å²) in [4.78, 5) is 0. The van der Waals surface area contributed by atoms with E-state index in [1.165, 1.54) is 0 Å². The second-order valence-electron chi connectivity index (χ2n) is 4.47. The normalized spacial score (nSPS) is 14.2. The molecule has 0 aliphatic heterocycles. The summed E-state index contributed by atoms with van der Waals surface area (Å²) >= 11 is 12.3. The summed E-state index contributed by atoms with van der Waals surface area (Å²) in [6.07, 6.45) is 0.898. The van der Waals surface area contributed by atoms with E-state index in [-0.39, 0.29) is 12.5 Å². The molecule has 0 aliphatic rings. The van der Waals surface area contributed by atoms with Crippen LogP contribution in [0.5, 0.6) is 5.75 Å². The van der Waals surface area contributed by atoms with E-state index in [9.17, 15) is 5.11 Å². The van der Waals surface area contributed by atoms with E-state index in [0.29, 0.717) is 28.8 Å². The SMILES string of the molecule is CCOc1c(Cl)cc(Cl)cc1C(CC)CC(O)CN. The molecule has 1 aromatic rings. The van der Waals surface area contributed by atoms with Crippen molar-refractivity contribution in [3.8, 4) is 5.75 Å². The highest BCUT2D eigenvalue weighted by Gasteiger charge is 2.20. The lowest BCUT2D eigenvalue weighted by Crippen LogP contribution is -2.22. The summed E-state index contributed by atoms with van der Waals surface area (Å²) in [7, 11) is 0. The maximum Gasteiger partial charge on any atom is 0.141 e. The Balaban J connectivity index is 3.13. The molecule has 19 heavy (non-hydrogen) atoms. The first-order chi connectivity index (χ1) is 9.03. The quantitative estimate of drug-likeness (QED) is 0.809. The van der Waals surface area contributed by atoms with Crippen molar-refractivity contribution in [2.45, 2.75) is 38.7 Å². The lowest BCUT2D eigenvalue weighted by atomic mass is 9.90. The molecule has 0 radical (unpaired) electrons. The average molecular weight is 306 g/mol. The van der Waals surface area contributed by atoms with Crippen molar-refractivity contribution < 1.29 is 9.84 Å². The Morgan fingerprint density at radius 1 is 1.32 bits per heavy atom. The van der Waals surface area contributed by atoms with Gasteiger partial charge in [-0.05, 0) is 37.8 Å². The fourth-order valence-electron chi connectivity index (χ4n) is 2.12. The fraction of sp³-hybridized carbons (Fsp3) is 0.571. The molecular weight excluding hydrogens is 285 g/mol. The first-order valence-electron chi connectivity index (χ1n) is 6.53. The molecule has 0 spiro atoms. The van der Waals surface area contributed by atoms with Crippen LogP contribution in [0.1, 0.15) is 38.2 Å². The Bertz CT molecular complexity index is 413. The molecule has 5 heteroatoms. The smallest absolute Gasteiger partial charge is 0.141 e. The molecule has 3 N–H and O–H groups in total. The van der Waals surface area contributed by atoms with E-state index >= 15 is 0 Å². The summed E-state index contributed by atoms with van der Waals surface area (Å²) in [6.45, 7) is 4.74. The molecule has 0 aliphatic carbocycles. The average Bonchev–Trinajstić information content (AvgIpc) is 2.38. The zero-order chi connectivity index (χ0) is 14.4. The number of benzene rings is 1. The van der Waals surface area contributed by atoms with Gasteiger partial charge < -0.3 is 15.6 Å². The number of nitrogens with two attached hydrogens (primary N) is 1. The third-order valence-corrected chi connectivity index (χ3v) is 3.59. The monoisotopic (exact) mass is 305 g/mol. The van der Waals surface area contributed by atoms with Crippen molar-refractivity contribution in [1.82, 2.24) is 0 Å². The highest BCUT2D eigenvalue weighted by atomic mass is 35.5. The van der Waals surface area contributed by atoms with Crippen LogP contribution in [0.3, 0.4) is 0 Å². The molecule has 0 fully saturated rings. The van der Waals surface area contributed by atoms with Crippen LogP contribution in [0.15, 0.2) is 12.1 Å². The zero-order valence-electron chi connectivity index (χ0n) is 11.3. The van der Waals surface area contributed by atoms with Gasteiger partial charge in [0.25, 0.3) is 0 Å². The second kappa shape index (κ2) is 7.95. The molecule has 1 aromatic carbocycles. The molecule has 0 saturated carbocycles. The van der Waals surface area contributed by atoms with E-state index in [4.69, 9.17) is 33.7 Å². The molecule has 0 saturated heterocycles. The Hall–Kier alpha value is -0.480. The number of rotatable bonds is 7. The van der Waals surface area contributed by atoms with Gasteiger partial charge >= 0.3 is 0 Å². The van der Waals surface area contributed by atoms with Gasteiger partial charge in [0.1, 0.15) is 5.75 Å². The first-order valence-corrected chi connectivity index (χ1v) is 7.28. The van der Waals surface area contributed by atoms with Crippen molar-refractivity contribution in [2.75, 3.05) is 13.2 Å². The number of aliphatic hydroxyl groups excluding tert-OH is 1. The molecule has 1 rings (SSSR count). The Kier molecular flexibility index (Phi) is 6.94. The molecule has 0 aromatic heterocycles. The standard InChI is InChI=1S/C14H21Cl2NO2/c1-3-9(5-11(18)8-17)12-6-10(15)7-13(16)14(12)19-4-2/h6-7,9,11,18H,3-5,8,17H2,1-2H3. The highest BCUT2D eigenvalue weighted by Crippen LogP contribution is 2.39. The van der Waals surface area contributed by atoms with Crippen LogP contribution in [0.25, 0.3) is 0 Å². The zero-order valence-corrected chi connectivity index (χ0v) is 12.8. The molecule has 3 nitrogen and oxygen atoms in total. The van der Waals surface area contributed by atoms with Gasteiger partial charge in [0.2, 0.25) is 0 Å². The largest absolute Gasteiger partial charge is 0.492 e. The number of hydrogen-bond acceptors (Lipinski definition) is 3. The van der Waals surface area contributed by atoms with Gasteiger partial charge in [-0.2, -0.15) is 0 Å². The minimum Gasteiger partial charge on any atom is -0.492 e. The summed E-state index contributed by atoms with van der Waals surface area (Å²) in [5.41, 5.74) is 6.42. The van der Waals surface area contributed by atoms with Crippen LogP contribution in [-0.4, -0.2) is 24.4 Å². The summed E-state index contributed by atoms with van der Waals surface area (Å²) in [5.74, 6) is 0.779. The predicted molar refractivity (Wildman–Crippen MR) is 80.3 cm³/mol. The molecule has 2 atom stereocenters. The van der Waals surface area contributed by atoms with E-state index in [1.807, 2.05) is 13.0 Å². The van der Waals surface area contributed by atoms with Gasteiger partial charge in [-0.3, -0.25) is 0 Å². The molecule has 0 amide bonds. The van der Waals surface area contributed by atoms with Crippen LogP contribution in [0.2, 0.25) is 10.0 Å². The van der Waals surface area contributed by atoms with E-state index in [2.05, 4.69) is 6.92 Å². The van der Waals surface area contributed by atoms with E-state index in [1.54, 1.807) is 6.07 Å². The number of hydrogen-bond donors (Lipinski definition) is 2. The first kappa shape index (κ1) is 16.6. The maximum atomic E-state index is 9.75. The Morgan fingerprint density at radius 2 is 2.00 bits per heavy atom. The van der Waals surface area contributed by atoms with Crippen LogP contribution in [0, 0.1) is 0 Å². The lowest BCUT2D eigenvalue weighted by molar-refractivity contribution is 0.161. The number of halogens is 2. The molecule has 0 bridgehead atoms. The van der Waals surface area contributed by atoms with Gasteiger partial charge in [0.15, 0.2) is 0 Å². The highest BCUT2D eigenvalue weighted by molar-refractivity contribution is 6.35. The van der Waals surface area contributed by atoms with E-state index < -0.39 is 6.10 Å². The fourth-order valence-corrected chi connectivity index (χ4v) is 2.68. The number of ether oxygens (including phenoxy) is 1. The van der Waals surface area contributed by atoms with Crippen molar-refractivity contribution in [2.24, 2.45) is 5.73 Å². The summed E-state index contributed by atoms with van der Waals surface area (Å²) < 4.78 is 5.62. The van der Waals surface area contributed by atoms with Crippen molar-refractivity contribution >= 4 is 23.2 Å². The Labute approximate surface area is 124 Å². The minimum absolute atomic E-state index is 0.122. The van der Waals surface area contributed by atoms with Crippen molar-refractivity contribution in [1.29, 1.82) is 0 Å². The number of aliphatic hydroxyl groups is 1. The molecule has 0 heterocycles. The minimum atomic E-state index is -0.530. The molecular formula is C14H21Cl2NO2. The van der Waals surface area contributed by atoms with Gasteiger partial charge in [0.05, 0.1) is 17.7 Å². The third-order valence-electron chi connectivity index (χ3n) is 3.09. The van der Waals surface area contributed by atoms with Crippen molar-refractivity contribution in [3.63, 3.8) is 0 Å². The maximum absolute atomic E-state index is 9.75. The van der Waals surface area contributed by atoms with Gasteiger partial charge in [-0.25, -0.2) is 0 Å². The van der Waals surface area contributed by atoms with Crippen LogP contribution in [-0.2, 0) is 0 Å². The summed E-state index contributed by atoms with van der Waals surface area (Å²) in [5, 5.41) is 10.8. The van der Waals surface area contributed by atoms with Gasteiger partial charge in [-0.1, -0.05) is 30.1 Å². The topological polar surface area (TPSA) is 55.5 Å². The van der Waals surface area contributed by atoms with Gasteiger partial charge in [0, 0.05) is 17.1 Å². The predicted octanol–water partition coefficient (Wildman–Crippen LogP) is 3.60. The van der Waals surface area contributed by atoms with E-state index in [0.717, 1.165) is 12.0 Å². The van der Waals surface area contributed by atoms with Crippen LogP contribution < -0.4 is 10.5 Å². The van der Waals surface area contributed by atoms with Crippen molar-refractivity contribution in [3.05, 3.63) is 27.7 Å². The lowest BCUT2D eigenvalue weighted by Gasteiger charge is -2.22. The molecule has 108 valence electrons. The second-order valence-corrected chi connectivity index (χ2v) is 5.31. The Morgan fingerprint density at radius 3 is 2.53 bits per heavy atom. The third kappa shape index (κ3) is 4.53. The van der Waals surface area contributed by atoms with Crippen LogP contribution in [0.4, 0.5) is 0 Å².